The van der Waals surface area contributed by atoms with E-state index >= 15 is 0 Å². The molecule has 8 heteroatoms. The number of rotatable bonds is 4. The summed E-state index contributed by atoms with van der Waals surface area (Å²) in [6.07, 6.45) is 0. The number of sulfonamides is 1. The van der Waals surface area contributed by atoms with Crippen LogP contribution in [0.25, 0.3) is 11.1 Å². The zero-order valence-corrected chi connectivity index (χ0v) is 16.7. The number of nitrogens with zero attached hydrogens (tertiary/aromatic N) is 1. The average Bonchev–Trinajstić information content (AvgIpc) is 2.87. The molecule has 0 unspecified atom stereocenters. The van der Waals surface area contributed by atoms with E-state index in [-0.39, 0.29) is 46.8 Å². The number of benzene rings is 2. The van der Waals surface area contributed by atoms with Crippen molar-refractivity contribution < 1.29 is 43.9 Å². The summed E-state index contributed by atoms with van der Waals surface area (Å²) >= 11 is 5.92. The van der Waals surface area contributed by atoms with Crippen LogP contribution in [0, 0.1) is 6.92 Å². The van der Waals surface area contributed by atoms with Gasteiger partial charge in [-0.15, -0.1) is 0 Å². The molecule has 1 heterocycles. The van der Waals surface area contributed by atoms with Gasteiger partial charge in [-0.1, -0.05) is 59.2 Å². The van der Waals surface area contributed by atoms with Crippen molar-refractivity contribution in [3.63, 3.8) is 0 Å². The van der Waals surface area contributed by atoms with Crippen LogP contribution in [-0.4, -0.2) is 13.6 Å². The van der Waals surface area contributed by atoms with Gasteiger partial charge in [-0.05, 0) is 30.2 Å². The molecule has 3 aromatic rings. The van der Waals surface area contributed by atoms with Crippen LogP contribution >= 0.6 is 11.6 Å². The molecule has 24 heavy (non-hydrogen) atoms. The van der Waals surface area contributed by atoms with Gasteiger partial charge in [-0.2, -0.15) is 0 Å². The minimum atomic E-state index is -3.79. The third-order valence-electron chi connectivity index (χ3n) is 3.29. The minimum absolute atomic E-state index is 0. The Morgan fingerprint density at radius 3 is 2.17 bits per heavy atom. The molecule has 3 rings (SSSR count). The van der Waals surface area contributed by atoms with Crippen LogP contribution in [0.15, 0.2) is 64.0 Å². The van der Waals surface area contributed by atoms with Gasteiger partial charge in [0.2, 0.25) is 0 Å². The van der Waals surface area contributed by atoms with Gasteiger partial charge in [0.25, 0.3) is 15.9 Å². The summed E-state index contributed by atoms with van der Waals surface area (Å²) < 4.78 is 31.9. The van der Waals surface area contributed by atoms with Crippen molar-refractivity contribution in [2.24, 2.45) is 0 Å². The van der Waals surface area contributed by atoms with E-state index in [9.17, 15) is 8.42 Å². The fourth-order valence-corrected chi connectivity index (χ4v) is 3.23. The molecular weight excluding hydrogens is 359 g/mol. The zero-order valence-electron chi connectivity index (χ0n) is 14.2. The quantitative estimate of drug-likeness (QED) is 0.699. The van der Waals surface area contributed by atoms with Gasteiger partial charge in [0.1, 0.15) is 10.7 Å². The normalized spacial score (nSPS) is 10.9. The van der Waals surface area contributed by atoms with E-state index in [0.29, 0.717) is 5.69 Å². The molecule has 0 radical (unpaired) electrons. The molecule has 0 aliphatic rings. The van der Waals surface area contributed by atoms with Crippen molar-refractivity contribution in [2.75, 3.05) is 4.72 Å². The topological polar surface area (TPSA) is 72.2 Å². The Morgan fingerprint density at radius 1 is 1.04 bits per heavy atom. The van der Waals surface area contributed by atoms with Crippen LogP contribution in [0.1, 0.15) is 7.12 Å². The van der Waals surface area contributed by atoms with Gasteiger partial charge in [0.05, 0.1) is 4.90 Å². The van der Waals surface area contributed by atoms with Crippen LogP contribution in [-0.2, 0) is 10.0 Å². The van der Waals surface area contributed by atoms with Crippen LogP contribution in [0.3, 0.4) is 0 Å². The maximum Gasteiger partial charge on any atom is 1.00 e. The largest absolute Gasteiger partial charge is 1.00 e. The van der Waals surface area contributed by atoms with Gasteiger partial charge in [0.15, 0.2) is 0 Å². The van der Waals surface area contributed by atoms with Crippen molar-refractivity contribution in [3.05, 3.63) is 65.3 Å². The van der Waals surface area contributed by atoms with E-state index in [4.69, 9.17) is 16.1 Å². The molecule has 0 aliphatic heterocycles. The van der Waals surface area contributed by atoms with Gasteiger partial charge in [-0.25, -0.2) is 13.1 Å². The number of aromatic nitrogens is 1. The standard InChI is InChI=1S/C16H13ClN2O3S.Na.H/c1-11-15(17)16(22-18-11)19-23(20,21)14-9-7-13(8-10-14)12-5-3-2-4-6-12;;/h2-10,19H,1H3;;/q;+1;-1. The SMILES string of the molecule is Cc1noc(NS(=O)(=O)c2ccc(-c3ccccc3)cc2)c1Cl.[H-].[Na+]. The molecule has 2 aromatic carbocycles. The van der Waals surface area contributed by atoms with Crippen LogP contribution < -0.4 is 34.3 Å². The first-order valence-electron chi connectivity index (χ1n) is 6.77. The summed E-state index contributed by atoms with van der Waals surface area (Å²) in [5, 5.41) is 3.76. The number of anilines is 1. The average molecular weight is 373 g/mol. The Balaban J connectivity index is 0.00000156. The zero-order chi connectivity index (χ0) is 16.4. The predicted octanol–water partition coefficient (Wildman–Crippen LogP) is 1.22. The Morgan fingerprint density at radius 2 is 1.62 bits per heavy atom. The van der Waals surface area contributed by atoms with E-state index in [1.165, 1.54) is 12.1 Å². The third kappa shape index (κ3) is 4.02. The van der Waals surface area contributed by atoms with Gasteiger partial charge in [0, 0.05) is 0 Å². The smallest absolute Gasteiger partial charge is 1.00 e. The molecule has 0 fully saturated rings. The first kappa shape index (κ1) is 19.0. The fraction of sp³-hybridized carbons (Fsp3) is 0.0625. The Hall–Kier alpha value is -1.31. The molecular formula is C16H14ClN2NaO3S. The Bertz CT molecular complexity index is 932. The van der Waals surface area contributed by atoms with E-state index in [1.807, 2.05) is 30.3 Å². The van der Waals surface area contributed by atoms with E-state index in [2.05, 4.69) is 9.88 Å². The second-order valence-electron chi connectivity index (χ2n) is 4.91. The second-order valence-corrected chi connectivity index (χ2v) is 6.97. The number of nitrogens with one attached hydrogen (secondary N) is 1. The van der Waals surface area contributed by atoms with E-state index in [0.717, 1.165) is 11.1 Å². The molecule has 1 N–H and O–H groups in total. The first-order chi connectivity index (χ1) is 11.0. The minimum Gasteiger partial charge on any atom is -1.00 e. The number of aryl methyl sites for hydroxylation is 1. The third-order valence-corrected chi connectivity index (χ3v) is 5.08. The summed E-state index contributed by atoms with van der Waals surface area (Å²) in [6.45, 7) is 1.62. The molecule has 1 aromatic heterocycles. The monoisotopic (exact) mass is 372 g/mol. The Kier molecular flexibility index (Phi) is 6.11. The van der Waals surface area contributed by atoms with E-state index < -0.39 is 10.0 Å². The molecule has 0 amide bonds. The number of hydrogen-bond acceptors (Lipinski definition) is 4. The predicted molar refractivity (Wildman–Crippen MR) is 90.0 cm³/mol. The molecule has 0 saturated carbocycles. The van der Waals surface area contributed by atoms with Crippen LogP contribution in [0.2, 0.25) is 5.02 Å². The molecule has 120 valence electrons. The van der Waals surface area contributed by atoms with Gasteiger partial charge in [-0.3, -0.25) is 0 Å². The van der Waals surface area contributed by atoms with Crippen molar-refractivity contribution >= 4 is 27.5 Å². The number of halogens is 1. The first-order valence-corrected chi connectivity index (χ1v) is 8.63. The van der Waals surface area contributed by atoms with Crippen molar-refractivity contribution in [1.82, 2.24) is 5.16 Å². The summed E-state index contributed by atoms with van der Waals surface area (Å²) in [5.74, 6) is -0.0868. The molecule has 0 atom stereocenters. The summed E-state index contributed by atoms with van der Waals surface area (Å²) in [7, 11) is -3.79. The molecule has 0 spiro atoms. The molecule has 0 aliphatic carbocycles. The molecule has 0 saturated heterocycles. The van der Waals surface area contributed by atoms with Gasteiger partial charge >= 0.3 is 29.6 Å². The Labute approximate surface area is 168 Å². The molecule has 5 nitrogen and oxygen atoms in total. The molecule has 0 bridgehead atoms. The summed E-state index contributed by atoms with van der Waals surface area (Å²) in [4.78, 5) is 0.113. The summed E-state index contributed by atoms with van der Waals surface area (Å²) in [6, 6.07) is 16.2. The van der Waals surface area contributed by atoms with Crippen molar-refractivity contribution in [3.8, 4) is 11.1 Å². The van der Waals surface area contributed by atoms with Crippen LogP contribution in [0.4, 0.5) is 5.88 Å². The fourth-order valence-electron chi connectivity index (χ4n) is 2.06. The van der Waals surface area contributed by atoms with Crippen molar-refractivity contribution in [1.29, 1.82) is 0 Å². The summed E-state index contributed by atoms with van der Waals surface area (Å²) in [5.41, 5.74) is 2.36. The number of hydrogen-bond donors (Lipinski definition) is 1. The second kappa shape index (κ2) is 7.72. The van der Waals surface area contributed by atoms with Crippen molar-refractivity contribution in [2.45, 2.75) is 11.8 Å². The van der Waals surface area contributed by atoms with Gasteiger partial charge < -0.3 is 5.95 Å². The van der Waals surface area contributed by atoms with E-state index in [1.54, 1.807) is 19.1 Å². The maximum absolute atomic E-state index is 12.4. The van der Waals surface area contributed by atoms with Crippen LogP contribution in [0.5, 0.6) is 0 Å². The maximum atomic E-state index is 12.4.